The summed E-state index contributed by atoms with van der Waals surface area (Å²) in [7, 11) is 0. The van der Waals surface area contributed by atoms with Crippen molar-refractivity contribution in [2.75, 3.05) is 18.1 Å². The fourth-order valence-corrected chi connectivity index (χ4v) is 4.37. The summed E-state index contributed by atoms with van der Waals surface area (Å²) in [5.74, 6) is -0.304. The fraction of sp³-hybridized carbons (Fsp3) is 0.438. The molecule has 2 aromatic rings. The number of hydrogen-bond donors (Lipinski definition) is 1. The second-order valence-corrected chi connectivity index (χ2v) is 11.2. The van der Waals surface area contributed by atoms with E-state index in [2.05, 4.69) is 78.5 Å². The van der Waals surface area contributed by atoms with Gasteiger partial charge in [0.25, 0.3) is 0 Å². The van der Waals surface area contributed by atoms with Crippen molar-refractivity contribution in [3.8, 4) is 0 Å². The van der Waals surface area contributed by atoms with Crippen LogP contribution in [0.25, 0.3) is 0 Å². The molecule has 0 aliphatic carbocycles. The number of hydrogen-bond acceptors (Lipinski definition) is 3. The molecule has 0 amide bonds. The van der Waals surface area contributed by atoms with E-state index in [1.807, 2.05) is 27.7 Å². The zero-order valence-electron chi connectivity index (χ0n) is 22.6. The maximum Gasteiger partial charge on any atom is 0.0984 e. The molecule has 0 unspecified atom stereocenters. The Balaban J connectivity index is 1.55. The van der Waals surface area contributed by atoms with E-state index in [4.69, 9.17) is 4.74 Å². The average Bonchev–Trinajstić information content (AvgIpc) is 2.82. The molecule has 4 heteroatoms. The highest BCUT2D eigenvalue weighted by Crippen LogP contribution is 2.32. The second-order valence-electron chi connectivity index (χ2n) is 11.2. The number of anilines is 1. The minimum Gasteiger partial charge on any atom is -0.386 e. The lowest BCUT2D eigenvalue weighted by Crippen LogP contribution is -2.38. The van der Waals surface area contributed by atoms with Crippen LogP contribution in [-0.2, 0) is 24.1 Å². The predicted molar refractivity (Wildman–Crippen MR) is 151 cm³/mol. The average molecular weight is 491 g/mol. The van der Waals surface area contributed by atoms with Crippen molar-refractivity contribution >= 4 is 5.69 Å². The number of ether oxygens (including phenoxy) is 1. The maximum absolute atomic E-state index is 13.6. The second kappa shape index (κ2) is 11.9. The Bertz CT molecular complexity index is 1090. The molecule has 0 bridgehead atoms. The first kappa shape index (κ1) is 27.7. The van der Waals surface area contributed by atoms with Gasteiger partial charge in [-0.2, -0.15) is 0 Å². The van der Waals surface area contributed by atoms with E-state index in [-0.39, 0.29) is 11.4 Å². The number of aryl methyl sites for hydroxylation is 2. The highest BCUT2D eigenvalue weighted by Gasteiger charge is 2.25. The summed E-state index contributed by atoms with van der Waals surface area (Å²) in [5.41, 5.74) is 6.49. The topological polar surface area (TPSA) is 24.5 Å². The minimum atomic E-state index is -0.570. The molecule has 0 saturated heterocycles. The Morgan fingerprint density at radius 3 is 2.22 bits per heavy atom. The summed E-state index contributed by atoms with van der Waals surface area (Å²) in [6, 6.07) is 17.4. The van der Waals surface area contributed by atoms with E-state index < -0.39 is 5.41 Å². The number of halogens is 1. The first-order chi connectivity index (χ1) is 17.0. The number of rotatable bonds is 12. The summed E-state index contributed by atoms with van der Waals surface area (Å²) in [5, 5.41) is 3.44. The van der Waals surface area contributed by atoms with Gasteiger partial charge in [0, 0.05) is 42.2 Å². The Morgan fingerprint density at radius 2 is 1.53 bits per heavy atom. The van der Waals surface area contributed by atoms with E-state index in [1.165, 1.54) is 22.4 Å². The Hall–Kier alpha value is -2.85. The van der Waals surface area contributed by atoms with E-state index in [1.54, 1.807) is 0 Å². The number of allylic oxidation sites excluding steroid dienone is 3. The summed E-state index contributed by atoms with van der Waals surface area (Å²) in [4.78, 5) is 2.37. The highest BCUT2D eigenvalue weighted by atomic mass is 19.1. The smallest absolute Gasteiger partial charge is 0.0984 e. The van der Waals surface area contributed by atoms with Gasteiger partial charge in [0.15, 0.2) is 0 Å². The van der Waals surface area contributed by atoms with Crippen LogP contribution in [0.2, 0.25) is 0 Å². The summed E-state index contributed by atoms with van der Waals surface area (Å²) in [6.45, 7) is 21.9. The van der Waals surface area contributed by atoms with Gasteiger partial charge in [-0.25, -0.2) is 4.39 Å². The molecule has 36 heavy (non-hydrogen) atoms. The molecule has 3 rings (SSSR count). The lowest BCUT2D eigenvalue weighted by atomic mass is 9.89. The SMILES string of the molecule is C=C(CCC(=C)N1Cc2ccccc2CCc2ccccc21)NCC(C)(C)OCCC(C)(C)C(=C)F. The van der Waals surface area contributed by atoms with E-state index in [9.17, 15) is 4.39 Å². The molecule has 1 N–H and O–H groups in total. The Labute approximate surface area is 217 Å². The van der Waals surface area contributed by atoms with Crippen LogP contribution in [0.5, 0.6) is 0 Å². The van der Waals surface area contributed by atoms with Crippen molar-refractivity contribution in [1.29, 1.82) is 0 Å². The van der Waals surface area contributed by atoms with Gasteiger partial charge in [-0.05, 0) is 68.7 Å². The summed E-state index contributed by atoms with van der Waals surface area (Å²) >= 11 is 0. The lowest BCUT2D eigenvalue weighted by molar-refractivity contribution is -0.0250. The summed E-state index contributed by atoms with van der Waals surface area (Å²) in [6.07, 6.45) is 4.29. The third-order valence-corrected chi connectivity index (χ3v) is 7.21. The lowest BCUT2D eigenvalue weighted by Gasteiger charge is -2.32. The predicted octanol–water partition coefficient (Wildman–Crippen LogP) is 7.88. The Kier molecular flexibility index (Phi) is 9.19. The van der Waals surface area contributed by atoms with E-state index in [0.29, 0.717) is 19.6 Å². The molecular weight excluding hydrogens is 447 g/mol. The highest BCUT2D eigenvalue weighted by molar-refractivity contribution is 5.59. The van der Waals surface area contributed by atoms with Gasteiger partial charge >= 0.3 is 0 Å². The first-order valence-electron chi connectivity index (χ1n) is 13.0. The van der Waals surface area contributed by atoms with Crippen LogP contribution in [0, 0.1) is 5.41 Å². The van der Waals surface area contributed by atoms with Crippen LogP contribution in [0.1, 0.15) is 63.6 Å². The first-order valence-corrected chi connectivity index (χ1v) is 13.0. The van der Waals surface area contributed by atoms with Gasteiger partial charge in [-0.15, -0.1) is 0 Å². The third kappa shape index (κ3) is 7.57. The Morgan fingerprint density at radius 1 is 0.917 bits per heavy atom. The van der Waals surface area contributed by atoms with Crippen LogP contribution in [0.15, 0.2) is 85.5 Å². The van der Waals surface area contributed by atoms with Gasteiger partial charge in [0.1, 0.15) is 0 Å². The van der Waals surface area contributed by atoms with Crippen LogP contribution in [0.4, 0.5) is 10.1 Å². The number of para-hydroxylation sites is 1. The monoisotopic (exact) mass is 490 g/mol. The molecule has 0 fully saturated rings. The minimum absolute atomic E-state index is 0.304. The van der Waals surface area contributed by atoms with Gasteiger partial charge in [0.2, 0.25) is 0 Å². The van der Waals surface area contributed by atoms with Crippen LogP contribution >= 0.6 is 0 Å². The number of nitrogens with zero attached hydrogens (tertiary/aromatic N) is 1. The molecule has 0 saturated carbocycles. The van der Waals surface area contributed by atoms with Crippen LogP contribution in [0.3, 0.4) is 0 Å². The van der Waals surface area contributed by atoms with Gasteiger partial charge < -0.3 is 15.0 Å². The van der Waals surface area contributed by atoms with Crippen molar-refractivity contribution in [2.24, 2.45) is 5.41 Å². The third-order valence-electron chi connectivity index (χ3n) is 7.21. The quantitative estimate of drug-likeness (QED) is 0.327. The fourth-order valence-electron chi connectivity index (χ4n) is 4.37. The van der Waals surface area contributed by atoms with Crippen molar-refractivity contribution in [3.63, 3.8) is 0 Å². The molecule has 1 aliphatic heterocycles. The number of nitrogens with one attached hydrogen (secondary N) is 1. The molecule has 0 radical (unpaired) electrons. The number of benzene rings is 2. The molecule has 1 heterocycles. The molecule has 194 valence electrons. The molecule has 1 aliphatic rings. The normalized spacial score (nSPS) is 13.8. The van der Waals surface area contributed by atoms with E-state index >= 15 is 0 Å². The largest absolute Gasteiger partial charge is 0.386 e. The molecule has 2 aromatic carbocycles. The summed E-state index contributed by atoms with van der Waals surface area (Å²) < 4.78 is 19.6. The van der Waals surface area contributed by atoms with Crippen molar-refractivity contribution in [3.05, 3.63) is 102 Å². The number of fused-ring (bicyclic) bond motifs is 2. The molecular formula is C32H43FN2O. The molecule has 3 nitrogen and oxygen atoms in total. The zero-order valence-corrected chi connectivity index (χ0v) is 22.6. The standard InChI is InChI=1S/C32H43FN2O/c1-24(34-23-32(6,7)36-21-20-31(4,5)26(3)33)16-17-25(2)35-22-29-14-9-8-12-27(29)18-19-28-13-10-11-15-30(28)35/h8-15,34H,1-3,16-23H2,4-7H3. The van der Waals surface area contributed by atoms with Crippen molar-refractivity contribution < 1.29 is 9.13 Å². The van der Waals surface area contributed by atoms with Crippen molar-refractivity contribution in [2.45, 2.75) is 71.9 Å². The maximum atomic E-state index is 13.6. The van der Waals surface area contributed by atoms with Gasteiger partial charge in [-0.3, -0.25) is 0 Å². The molecule has 0 spiro atoms. The van der Waals surface area contributed by atoms with Gasteiger partial charge in [0.05, 0.1) is 11.4 Å². The molecule has 0 atom stereocenters. The van der Waals surface area contributed by atoms with Crippen LogP contribution in [-0.4, -0.2) is 18.8 Å². The van der Waals surface area contributed by atoms with Crippen LogP contribution < -0.4 is 10.2 Å². The van der Waals surface area contributed by atoms with Crippen molar-refractivity contribution in [1.82, 2.24) is 5.32 Å². The van der Waals surface area contributed by atoms with Gasteiger partial charge in [-0.1, -0.05) is 76.0 Å². The zero-order chi connectivity index (χ0) is 26.3. The van der Waals surface area contributed by atoms with E-state index in [0.717, 1.165) is 43.6 Å². The molecule has 0 aromatic heterocycles.